The highest BCUT2D eigenvalue weighted by molar-refractivity contribution is 5.82. The molecule has 0 spiro atoms. The van der Waals surface area contributed by atoms with Gasteiger partial charge in [-0.3, -0.25) is 5.10 Å². The van der Waals surface area contributed by atoms with Crippen LogP contribution in [0.15, 0.2) is 30.7 Å². The van der Waals surface area contributed by atoms with Crippen molar-refractivity contribution in [2.75, 3.05) is 0 Å². The Kier molecular flexibility index (Phi) is 1.83. The van der Waals surface area contributed by atoms with E-state index in [9.17, 15) is 0 Å². The number of nitrogens with zero attached hydrogens (tertiary/aromatic N) is 3. The van der Waals surface area contributed by atoms with Gasteiger partial charge in [-0.05, 0) is 24.6 Å². The summed E-state index contributed by atoms with van der Waals surface area (Å²) >= 11 is 0. The van der Waals surface area contributed by atoms with Crippen LogP contribution in [-0.2, 0) is 7.05 Å². The molecule has 0 radical (unpaired) electrons. The van der Waals surface area contributed by atoms with Crippen molar-refractivity contribution in [2.45, 2.75) is 6.92 Å². The standard InChI is InChI=1S/C12H12N4/c1-8-10(6-14-15-8)9-3-4-11-12(5-9)16(2)7-13-11/h3-7H,1-2H3,(H,14,15). The van der Waals surface area contributed by atoms with Crippen LogP contribution in [0.4, 0.5) is 0 Å². The third-order valence-electron chi connectivity index (χ3n) is 2.87. The van der Waals surface area contributed by atoms with Gasteiger partial charge in [-0.1, -0.05) is 6.07 Å². The zero-order chi connectivity index (χ0) is 11.1. The molecule has 0 aliphatic carbocycles. The highest BCUT2D eigenvalue weighted by atomic mass is 15.1. The van der Waals surface area contributed by atoms with Gasteiger partial charge in [0.15, 0.2) is 0 Å². The molecule has 0 saturated heterocycles. The van der Waals surface area contributed by atoms with E-state index in [4.69, 9.17) is 0 Å². The van der Waals surface area contributed by atoms with E-state index in [0.29, 0.717) is 0 Å². The van der Waals surface area contributed by atoms with E-state index < -0.39 is 0 Å². The number of aromatic amines is 1. The SMILES string of the molecule is Cc1[nH]ncc1-c1ccc2ncn(C)c2c1. The average molecular weight is 212 g/mol. The average Bonchev–Trinajstić information content (AvgIpc) is 2.86. The number of aryl methyl sites for hydroxylation is 2. The summed E-state index contributed by atoms with van der Waals surface area (Å²) in [4.78, 5) is 4.30. The molecule has 0 fully saturated rings. The van der Waals surface area contributed by atoms with E-state index in [1.165, 1.54) is 5.56 Å². The number of aromatic nitrogens is 4. The fourth-order valence-corrected chi connectivity index (χ4v) is 1.94. The van der Waals surface area contributed by atoms with Gasteiger partial charge in [0.2, 0.25) is 0 Å². The molecule has 0 aliphatic rings. The molecule has 80 valence electrons. The molecule has 4 nitrogen and oxygen atoms in total. The highest BCUT2D eigenvalue weighted by Gasteiger charge is 2.06. The second kappa shape index (κ2) is 3.20. The van der Waals surface area contributed by atoms with Gasteiger partial charge in [0.25, 0.3) is 0 Å². The molecule has 1 aromatic carbocycles. The summed E-state index contributed by atoms with van der Waals surface area (Å²) in [5.74, 6) is 0. The molecule has 3 rings (SSSR count). The minimum absolute atomic E-state index is 1.02. The molecule has 0 unspecified atom stereocenters. The van der Waals surface area contributed by atoms with Crippen LogP contribution >= 0.6 is 0 Å². The predicted molar refractivity (Wildman–Crippen MR) is 63.0 cm³/mol. The predicted octanol–water partition coefficient (Wildman–Crippen LogP) is 2.27. The molecule has 0 aliphatic heterocycles. The maximum Gasteiger partial charge on any atom is 0.0955 e. The van der Waals surface area contributed by atoms with E-state index >= 15 is 0 Å². The molecule has 0 atom stereocenters. The Morgan fingerprint density at radius 1 is 1.31 bits per heavy atom. The monoisotopic (exact) mass is 212 g/mol. The van der Waals surface area contributed by atoms with E-state index in [0.717, 1.165) is 22.3 Å². The summed E-state index contributed by atoms with van der Waals surface area (Å²) in [5, 5.41) is 6.99. The third-order valence-corrected chi connectivity index (χ3v) is 2.87. The summed E-state index contributed by atoms with van der Waals surface area (Å²) in [5.41, 5.74) is 5.55. The zero-order valence-electron chi connectivity index (χ0n) is 9.23. The van der Waals surface area contributed by atoms with E-state index in [-0.39, 0.29) is 0 Å². The molecule has 1 N–H and O–H groups in total. The van der Waals surface area contributed by atoms with Gasteiger partial charge in [-0.15, -0.1) is 0 Å². The van der Waals surface area contributed by atoms with Gasteiger partial charge >= 0.3 is 0 Å². The van der Waals surface area contributed by atoms with Crippen LogP contribution in [0.3, 0.4) is 0 Å². The Bertz CT molecular complexity index is 648. The minimum atomic E-state index is 1.02. The Morgan fingerprint density at radius 3 is 2.94 bits per heavy atom. The first-order chi connectivity index (χ1) is 7.75. The highest BCUT2D eigenvalue weighted by Crippen LogP contribution is 2.24. The number of hydrogen-bond acceptors (Lipinski definition) is 2. The van der Waals surface area contributed by atoms with Crippen LogP contribution in [0.1, 0.15) is 5.69 Å². The Balaban J connectivity index is 2.25. The lowest BCUT2D eigenvalue weighted by Crippen LogP contribution is -1.85. The van der Waals surface area contributed by atoms with Crippen molar-refractivity contribution < 1.29 is 0 Å². The van der Waals surface area contributed by atoms with Crippen LogP contribution in [-0.4, -0.2) is 19.7 Å². The fourth-order valence-electron chi connectivity index (χ4n) is 1.94. The number of rotatable bonds is 1. The summed E-state index contributed by atoms with van der Waals surface area (Å²) in [6.07, 6.45) is 3.68. The topological polar surface area (TPSA) is 46.5 Å². The molecule has 2 heterocycles. The van der Waals surface area contributed by atoms with Crippen LogP contribution in [0.25, 0.3) is 22.2 Å². The van der Waals surface area contributed by atoms with Crippen molar-refractivity contribution >= 4 is 11.0 Å². The molecule has 2 aromatic heterocycles. The van der Waals surface area contributed by atoms with Crippen LogP contribution < -0.4 is 0 Å². The number of nitrogens with one attached hydrogen (secondary N) is 1. The summed E-state index contributed by atoms with van der Waals surface area (Å²) in [6, 6.07) is 6.25. The van der Waals surface area contributed by atoms with Crippen LogP contribution in [0.5, 0.6) is 0 Å². The van der Waals surface area contributed by atoms with Crippen molar-refractivity contribution in [2.24, 2.45) is 7.05 Å². The van der Waals surface area contributed by atoms with Gasteiger partial charge in [-0.2, -0.15) is 5.10 Å². The molecule has 0 bridgehead atoms. The first kappa shape index (κ1) is 9.15. The summed E-state index contributed by atoms with van der Waals surface area (Å²) < 4.78 is 2.02. The van der Waals surface area contributed by atoms with Crippen molar-refractivity contribution in [3.8, 4) is 11.1 Å². The zero-order valence-corrected chi connectivity index (χ0v) is 9.23. The smallest absolute Gasteiger partial charge is 0.0955 e. The molecule has 0 amide bonds. The largest absolute Gasteiger partial charge is 0.334 e. The molecule has 16 heavy (non-hydrogen) atoms. The van der Waals surface area contributed by atoms with Gasteiger partial charge in [0.05, 0.1) is 23.6 Å². The fraction of sp³-hybridized carbons (Fsp3) is 0.167. The van der Waals surface area contributed by atoms with Gasteiger partial charge in [0.1, 0.15) is 0 Å². The van der Waals surface area contributed by atoms with Gasteiger partial charge in [0, 0.05) is 18.3 Å². The molecule has 3 aromatic rings. The maximum atomic E-state index is 4.30. The maximum absolute atomic E-state index is 4.30. The third kappa shape index (κ3) is 1.23. The Morgan fingerprint density at radius 2 is 2.19 bits per heavy atom. The number of H-pyrrole nitrogens is 1. The van der Waals surface area contributed by atoms with Crippen molar-refractivity contribution in [3.05, 3.63) is 36.4 Å². The van der Waals surface area contributed by atoms with Gasteiger partial charge < -0.3 is 4.57 Å². The minimum Gasteiger partial charge on any atom is -0.334 e. The first-order valence-electron chi connectivity index (χ1n) is 5.17. The van der Waals surface area contributed by atoms with E-state index in [1.54, 1.807) is 0 Å². The van der Waals surface area contributed by atoms with Gasteiger partial charge in [-0.25, -0.2) is 4.98 Å². The second-order valence-electron chi connectivity index (χ2n) is 3.97. The number of imidazole rings is 1. The Hall–Kier alpha value is -2.10. The summed E-state index contributed by atoms with van der Waals surface area (Å²) in [7, 11) is 2.00. The van der Waals surface area contributed by atoms with Crippen LogP contribution in [0.2, 0.25) is 0 Å². The molecule has 4 heteroatoms. The second-order valence-corrected chi connectivity index (χ2v) is 3.97. The molecular formula is C12H12N4. The van der Waals surface area contributed by atoms with E-state index in [1.807, 2.05) is 37.1 Å². The lowest BCUT2D eigenvalue weighted by molar-refractivity contribution is 0.948. The lowest BCUT2D eigenvalue weighted by Gasteiger charge is -2.00. The summed E-state index contributed by atoms with van der Waals surface area (Å²) in [6.45, 7) is 2.02. The number of benzene rings is 1. The first-order valence-corrected chi connectivity index (χ1v) is 5.17. The molecule has 0 saturated carbocycles. The lowest BCUT2D eigenvalue weighted by atomic mass is 10.1. The van der Waals surface area contributed by atoms with Crippen molar-refractivity contribution in [3.63, 3.8) is 0 Å². The number of fused-ring (bicyclic) bond motifs is 1. The number of hydrogen-bond donors (Lipinski definition) is 1. The van der Waals surface area contributed by atoms with Crippen molar-refractivity contribution in [1.29, 1.82) is 0 Å². The quantitative estimate of drug-likeness (QED) is 0.672. The van der Waals surface area contributed by atoms with Crippen molar-refractivity contribution in [1.82, 2.24) is 19.7 Å². The van der Waals surface area contributed by atoms with Crippen LogP contribution in [0, 0.1) is 6.92 Å². The Labute approximate surface area is 92.9 Å². The molecular weight excluding hydrogens is 200 g/mol. The normalized spacial score (nSPS) is 11.1. The van der Waals surface area contributed by atoms with E-state index in [2.05, 4.69) is 27.3 Å².